The molecule has 4 aromatic rings. The number of carbonyl (C=O) groups is 1. The Hall–Kier alpha value is -4.26. The van der Waals surface area contributed by atoms with Crippen molar-refractivity contribution in [2.75, 3.05) is 57.0 Å². The molecule has 0 spiro atoms. The van der Waals surface area contributed by atoms with Gasteiger partial charge in [0.15, 0.2) is 5.65 Å². The SMILES string of the molecule is COC1(C)CN(c2cc(N)cc(COC3CCC3)c2)C1.COc1ccc(CN(C)c2cc(Cl)nc3c2ncn3C(N)=O)c(OC)c1. The quantitative estimate of drug-likeness (QED) is 0.173. The molecule has 2 aromatic carbocycles. The third-order valence-electron chi connectivity index (χ3n) is 8.45. The molecule has 0 unspecified atom stereocenters. The van der Waals surface area contributed by atoms with Crippen LogP contribution in [0.4, 0.5) is 21.9 Å². The van der Waals surface area contributed by atoms with Crippen LogP contribution >= 0.6 is 11.6 Å². The maximum Gasteiger partial charge on any atom is 0.325 e. The number of pyridine rings is 1. The zero-order chi connectivity index (χ0) is 33.0. The maximum absolute atomic E-state index is 11.5. The number of hydrogen-bond acceptors (Lipinski definition) is 10. The van der Waals surface area contributed by atoms with Gasteiger partial charge in [0.2, 0.25) is 0 Å². The molecular weight excluding hydrogens is 610 g/mol. The van der Waals surface area contributed by atoms with Crippen molar-refractivity contribution in [3.8, 4) is 11.5 Å². The summed E-state index contributed by atoms with van der Waals surface area (Å²) in [6.07, 6.45) is 5.50. The molecule has 46 heavy (non-hydrogen) atoms. The number of nitrogens with zero attached hydrogens (tertiary/aromatic N) is 5. The Bertz CT molecular complexity index is 1690. The minimum absolute atomic E-state index is 0.0206. The first kappa shape index (κ1) is 33.1. The van der Waals surface area contributed by atoms with E-state index < -0.39 is 6.03 Å². The van der Waals surface area contributed by atoms with Crippen LogP contribution < -0.4 is 30.7 Å². The minimum atomic E-state index is -0.673. The summed E-state index contributed by atoms with van der Waals surface area (Å²) in [6.45, 7) is 5.15. The summed E-state index contributed by atoms with van der Waals surface area (Å²) in [5.74, 6) is 1.41. The Balaban J connectivity index is 0.000000187. The highest BCUT2D eigenvalue weighted by Crippen LogP contribution is 2.33. The summed E-state index contributed by atoms with van der Waals surface area (Å²) >= 11 is 6.13. The number of amides is 1. The molecule has 2 aromatic heterocycles. The number of rotatable bonds is 10. The van der Waals surface area contributed by atoms with Crippen LogP contribution in [0.1, 0.15) is 37.3 Å². The van der Waals surface area contributed by atoms with E-state index in [9.17, 15) is 4.79 Å². The molecular formula is C33H42ClN7O5. The fourth-order valence-electron chi connectivity index (χ4n) is 5.51. The Labute approximate surface area is 274 Å². The lowest BCUT2D eigenvalue weighted by Gasteiger charge is -2.48. The van der Waals surface area contributed by atoms with E-state index in [1.54, 1.807) is 27.4 Å². The maximum atomic E-state index is 11.5. The number of nitrogens with two attached hydrogens (primary N) is 2. The van der Waals surface area contributed by atoms with Gasteiger partial charge in [-0.05, 0) is 62.1 Å². The highest BCUT2D eigenvalue weighted by atomic mass is 35.5. The van der Waals surface area contributed by atoms with Crippen LogP contribution in [0, 0.1) is 0 Å². The standard InChI is InChI=1S/C17H18ClN5O3.C16H24N2O2/c1-22(8-10-4-5-11(25-2)6-13(10)26-3)12-7-14(18)21-16-15(12)20-9-23(16)17(19)24;1-16(19-2)10-18(11-16)14-7-12(6-13(17)8-14)9-20-15-4-3-5-15/h4-7,9H,8H2,1-3H3,(H2,19,24);6-8,15H,3-5,9-11,17H2,1-2H3. The third kappa shape index (κ3) is 7.41. The highest BCUT2D eigenvalue weighted by Gasteiger charge is 2.39. The lowest BCUT2D eigenvalue weighted by molar-refractivity contribution is -0.0169. The molecule has 3 heterocycles. The van der Waals surface area contributed by atoms with Crippen LogP contribution in [0.5, 0.6) is 11.5 Å². The fourth-order valence-corrected chi connectivity index (χ4v) is 5.69. The first-order valence-electron chi connectivity index (χ1n) is 15.1. The van der Waals surface area contributed by atoms with Crippen molar-refractivity contribution in [1.29, 1.82) is 0 Å². The first-order valence-corrected chi connectivity index (χ1v) is 15.5. The van der Waals surface area contributed by atoms with E-state index in [4.69, 9.17) is 42.0 Å². The first-order chi connectivity index (χ1) is 22.0. The summed E-state index contributed by atoms with van der Waals surface area (Å²) in [4.78, 5) is 24.2. The van der Waals surface area contributed by atoms with Crippen molar-refractivity contribution in [3.63, 3.8) is 0 Å². The van der Waals surface area contributed by atoms with Crippen LogP contribution in [0.2, 0.25) is 5.15 Å². The molecule has 2 aliphatic rings. The van der Waals surface area contributed by atoms with E-state index in [0.717, 1.165) is 40.2 Å². The number of imidazole rings is 1. The number of ether oxygens (including phenoxy) is 4. The molecule has 1 aliphatic carbocycles. The summed E-state index contributed by atoms with van der Waals surface area (Å²) in [5, 5.41) is 0.240. The average Bonchev–Trinajstić information content (AvgIpc) is 3.42. The molecule has 1 amide bonds. The summed E-state index contributed by atoms with van der Waals surface area (Å²) < 4.78 is 23.2. The van der Waals surface area contributed by atoms with E-state index in [1.165, 1.54) is 31.3 Å². The van der Waals surface area contributed by atoms with Gasteiger partial charge >= 0.3 is 6.03 Å². The fraction of sp³-hybridized carbons (Fsp3) is 0.424. The zero-order valence-electron chi connectivity index (χ0n) is 27.0. The van der Waals surface area contributed by atoms with E-state index in [1.807, 2.05) is 42.3 Å². The monoisotopic (exact) mass is 651 g/mol. The van der Waals surface area contributed by atoms with Crippen LogP contribution in [0.3, 0.4) is 0 Å². The van der Waals surface area contributed by atoms with Crippen molar-refractivity contribution in [2.24, 2.45) is 5.73 Å². The highest BCUT2D eigenvalue weighted by molar-refractivity contribution is 6.30. The van der Waals surface area contributed by atoms with Crippen LogP contribution in [0.15, 0.2) is 48.8 Å². The molecule has 246 valence electrons. The van der Waals surface area contributed by atoms with Crippen LogP contribution in [-0.2, 0) is 22.6 Å². The molecule has 1 aliphatic heterocycles. The molecule has 0 bridgehead atoms. The molecule has 2 fully saturated rings. The molecule has 12 nitrogen and oxygen atoms in total. The number of nitrogen functional groups attached to an aromatic ring is 1. The molecule has 13 heteroatoms. The molecule has 1 saturated carbocycles. The molecule has 4 N–H and O–H groups in total. The van der Waals surface area contributed by atoms with E-state index >= 15 is 0 Å². The van der Waals surface area contributed by atoms with Gasteiger partial charge < -0.3 is 40.2 Å². The van der Waals surface area contributed by atoms with Gasteiger partial charge in [0, 0.05) is 62.9 Å². The number of aromatic nitrogens is 3. The van der Waals surface area contributed by atoms with Crippen molar-refractivity contribution >= 4 is 45.9 Å². The van der Waals surface area contributed by atoms with Gasteiger partial charge in [-0.2, -0.15) is 0 Å². The number of methoxy groups -OCH3 is 3. The second-order valence-electron chi connectivity index (χ2n) is 11.9. The van der Waals surface area contributed by atoms with E-state index in [-0.39, 0.29) is 10.8 Å². The smallest absolute Gasteiger partial charge is 0.325 e. The van der Waals surface area contributed by atoms with Crippen LogP contribution in [-0.4, -0.2) is 73.7 Å². The number of halogens is 1. The van der Waals surface area contributed by atoms with Crippen molar-refractivity contribution < 1.29 is 23.7 Å². The topological polar surface area (TPSA) is 143 Å². The van der Waals surface area contributed by atoms with Gasteiger partial charge in [-0.1, -0.05) is 11.6 Å². The van der Waals surface area contributed by atoms with Gasteiger partial charge in [0.1, 0.15) is 28.5 Å². The van der Waals surface area contributed by atoms with Crippen molar-refractivity contribution in [2.45, 2.75) is 51.0 Å². The lowest BCUT2D eigenvalue weighted by atomic mass is 9.95. The molecule has 6 rings (SSSR count). The number of benzene rings is 2. The summed E-state index contributed by atoms with van der Waals surface area (Å²) in [7, 11) is 6.87. The van der Waals surface area contributed by atoms with Crippen molar-refractivity contribution in [1.82, 2.24) is 14.5 Å². The number of anilines is 3. The van der Waals surface area contributed by atoms with Crippen LogP contribution in [0.25, 0.3) is 11.2 Å². The third-order valence-corrected chi connectivity index (χ3v) is 8.64. The Kier molecular flexibility index (Phi) is 10.1. The second-order valence-corrected chi connectivity index (χ2v) is 12.3. The summed E-state index contributed by atoms with van der Waals surface area (Å²) in [5.41, 5.74) is 17.0. The van der Waals surface area contributed by atoms with Gasteiger partial charge in [-0.25, -0.2) is 19.3 Å². The summed E-state index contributed by atoms with van der Waals surface area (Å²) in [6, 6.07) is 12.9. The molecule has 1 saturated heterocycles. The normalized spacial score (nSPS) is 15.4. The number of hydrogen-bond donors (Lipinski definition) is 2. The van der Waals surface area contributed by atoms with Gasteiger partial charge in [0.25, 0.3) is 0 Å². The van der Waals surface area contributed by atoms with E-state index in [2.05, 4.69) is 27.9 Å². The molecule has 0 atom stereocenters. The van der Waals surface area contributed by atoms with Crippen molar-refractivity contribution in [3.05, 3.63) is 65.1 Å². The Morgan fingerprint density at radius 3 is 2.50 bits per heavy atom. The predicted molar refractivity (Wildman–Crippen MR) is 180 cm³/mol. The average molecular weight is 652 g/mol. The van der Waals surface area contributed by atoms with Gasteiger partial charge in [-0.3, -0.25) is 0 Å². The Morgan fingerprint density at radius 2 is 1.87 bits per heavy atom. The zero-order valence-corrected chi connectivity index (χ0v) is 27.7. The largest absolute Gasteiger partial charge is 0.497 e. The number of carbonyl (C=O) groups excluding carboxylic acids is 1. The van der Waals surface area contributed by atoms with E-state index in [0.29, 0.717) is 41.9 Å². The Morgan fingerprint density at radius 1 is 1.11 bits per heavy atom. The number of fused-ring (bicyclic) bond motifs is 1. The lowest BCUT2D eigenvalue weighted by Crippen LogP contribution is -2.61. The molecule has 0 radical (unpaired) electrons. The number of primary amides is 1. The van der Waals surface area contributed by atoms with Gasteiger partial charge in [-0.15, -0.1) is 0 Å². The van der Waals surface area contributed by atoms with Gasteiger partial charge in [0.05, 0.1) is 38.2 Å². The predicted octanol–water partition coefficient (Wildman–Crippen LogP) is 5.23. The minimum Gasteiger partial charge on any atom is -0.497 e. The second kappa shape index (κ2) is 14.0.